The number of anilines is 1. The second-order valence-corrected chi connectivity index (χ2v) is 9.90. The Balaban J connectivity index is 1.58. The summed E-state index contributed by atoms with van der Waals surface area (Å²) < 4.78 is 18.8. The zero-order valence-corrected chi connectivity index (χ0v) is 21.8. The van der Waals surface area contributed by atoms with E-state index in [1.807, 2.05) is 30.3 Å². The van der Waals surface area contributed by atoms with Gasteiger partial charge in [0.25, 0.3) is 11.2 Å². The summed E-state index contributed by atoms with van der Waals surface area (Å²) >= 11 is 3.57. The van der Waals surface area contributed by atoms with Crippen LogP contribution in [0.5, 0.6) is 0 Å². The number of nitro groups is 1. The molecule has 10 nitrogen and oxygen atoms in total. The lowest BCUT2D eigenvalue weighted by Gasteiger charge is -2.29. The predicted octanol–water partition coefficient (Wildman–Crippen LogP) is 4.61. The summed E-state index contributed by atoms with van der Waals surface area (Å²) in [5.41, 5.74) is 2.24. The lowest BCUT2D eigenvalue weighted by atomic mass is 10.0. The summed E-state index contributed by atoms with van der Waals surface area (Å²) in [6.07, 6.45) is -0.505. The van der Waals surface area contributed by atoms with Crippen molar-refractivity contribution in [1.29, 1.82) is 0 Å². The van der Waals surface area contributed by atoms with Crippen molar-refractivity contribution in [1.82, 2.24) is 9.78 Å². The molecule has 2 saturated heterocycles. The van der Waals surface area contributed by atoms with Crippen molar-refractivity contribution in [2.75, 3.05) is 44.4 Å². The first-order chi connectivity index (χ1) is 18.5. The minimum absolute atomic E-state index is 0.105. The van der Waals surface area contributed by atoms with Gasteiger partial charge < -0.3 is 19.1 Å². The Morgan fingerprint density at radius 1 is 0.947 bits per heavy atom. The second-order valence-electron chi connectivity index (χ2n) is 8.99. The van der Waals surface area contributed by atoms with E-state index in [1.54, 1.807) is 24.3 Å². The summed E-state index contributed by atoms with van der Waals surface area (Å²) in [4.78, 5) is 27.3. The number of hydrogen-bond donors (Lipinski definition) is 0. The molecule has 2 aliphatic heterocycles. The highest BCUT2D eigenvalue weighted by Gasteiger charge is 2.24. The number of halogens is 1. The van der Waals surface area contributed by atoms with Crippen molar-refractivity contribution >= 4 is 38.1 Å². The summed E-state index contributed by atoms with van der Waals surface area (Å²) in [6.45, 7) is 3.42. The molecule has 0 N–H and O–H groups in total. The van der Waals surface area contributed by atoms with E-state index in [0.717, 1.165) is 20.4 Å². The minimum Gasteiger partial charge on any atom is -0.378 e. The molecule has 38 heavy (non-hydrogen) atoms. The van der Waals surface area contributed by atoms with Crippen LogP contribution >= 0.6 is 15.9 Å². The molecule has 0 saturated carbocycles. The van der Waals surface area contributed by atoms with Gasteiger partial charge in [0.05, 0.1) is 42.4 Å². The molecular weight excluding hydrogens is 556 g/mol. The fraction of sp³-hybridized carbons (Fsp3) is 0.259. The minimum atomic E-state index is -0.505. The van der Waals surface area contributed by atoms with E-state index in [2.05, 4.69) is 20.8 Å². The van der Waals surface area contributed by atoms with Crippen LogP contribution in [0.3, 0.4) is 0 Å². The van der Waals surface area contributed by atoms with Crippen LogP contribution in [0.2, 0.25) is 0 Å². The molecule has 4 aromatic rings. The fourth-order valence-electron chi connectivity index (χ4n) is 4.86. The molecule has 2 fully saturated rings. The number of nitrogens with zero attached hydrogens (tertiary/aromatic N) is 4. The van der Waals surface area contributed by atoms with E-state index >= 15 is 0 Å². The Bertz CT molecular complexity index is 1590. The van der Waals surface area contributed by atoms with Crippen LogP contribution < -0.4 is 10.5 Å². The third-order valence-corrected chi connectivity index (χ3v) is 7.11. The average molecular weight is 579 g/mol. The monoisotopic (exact) mass is 578 g/mol. The summed E-state index contributed by atoms with van der Waals surface area (Å²) in [6, 6.07) is 17.6. The molecule has 2 aliphatic rings. The number of ether oxygens (including phenoxy) is 3. The molecule has 3 aromatic carbocycles. The quantitative estimate of drug-likeness (QED) is 0.249. The van der Waals surface area contributed by atoms with Gasteiger partial charge in [-0.25, -0.2) is 0 Å². The van der Waals surface area contributed by atoms with Gasteiger partial charge in [-0.2, -0.15) is 9.78 Å². The highest BCUT2D eigenvalue weighted by molar-refractivity contribution is 9.10. The second kappa shape index (κ2) is 10.3. The van der Waals surface area contributed by atoms with Gasteiger partial charge in [0.1, 0.15) is 5.69 Å². The molecule has 0 spiro atoms. The van der Waals surface area contributed by atoms with E-state index in [1.165, 1.54) is 6.07 Å². The van der Waals surface area contributed by atoms with Gasteiger partial charge in [-0.15, -0.1) is 0 Å². The Morgan fingerprint density at radius 3 is 2.42 bits per heavy atom. The normalized spacial score (nSPS) is 16.3. The highest BCUT2D eigenvalue weighted by atomic mass is 79.9. The van der Waals surface area contributed by atoms with Crippen LogP contribution in [0, 0.1) is 10.1 Å². The van der Waals surface area contributed by atoms with Gasteiger partial charge in [0.2, 0.25) is 0 Å². The number of fused-ring (bicyclic) bond motifs is 1. The van der Waals surface area contributed by atoms with Gasteiger partial charge in [-0.1, -0.05) is 34.1 Å². The maximum Gasteiger partial charge on any atom is 0.295 e. The van der Waals surface area contributed by atoms with Gasteiger partial charge >= 0.3 is 0 Å². The standard InChI is InChI=1S/C27H23BrN4O6/c28-19-14-17(13-18(15-19)27-37-11-12-38-27)25-21-3-1-2-4-22(21)26(33)31(29-25)24-16-20(5-6-23(24)32(34)35)30-7-9-36-10-8-30/h1-6,13-16,27H,7-12H2. The molecular formula is C27H23BrN4O6. The molecule has 0 bridgehead atoms. The fourth-order valence-corrected chi connectivity index (χ4v) is 5.37. The van der Waals surface area contributed by atoms with Gasteiger partial charge in [0.15, 0.2) is 6.29 Å². The molecule has 1 aromatic heterocycles. The number of hydrogen-bond acceptors (Lipinski definition) is 8. The van der Waals surface area contributed by atoms with E-state index in [4.69, 9.17) is 19.3 Å². The number of aromatic nitrogens is 2. The summed E-state index contributed by atoms with van der Waals surface area (Å²) in [5.74, 6) is 0. The molecule has 0 radical (unpaired) electrons. The Labute approximate surface area is 225 Å². The van der Waals surface area contributed by atoms with Crippen molar-refractivity contribution < 1.29 is 19.1 Å². The van der Waals surface area contributed by atoms with E-state index in [0.29, 0.717) is 61.5 Å². The number of morpholine rings is 1. The van der Waals surface area contributed by atoms with Gasteiger partial charge in [0, 0.05) is 45.8 Å². The van der Waals surface area contributed by atoms with Crippen LogP contribution in [0.1, 0.15) is 11.9 Å². The molecule has 11 heteroatoms. The molecule has 194 valence electrons. The zero-order valence-electron chi connectivity index (χ0n) is 20.2. The van der Waals surface area contributed by atoms with Crippen LogP contribution in [0.15, 0.2) is 69.9 Å². The molecule has 0 aliphatic carbocycles. The van der Waals surface area contributed by atoms with Crippen molar-refractivity contribution in [3.8, 4) is 16.9 Å². The number of nitro benzene ring substituents is 1. The van der Waals surface area contributed by atoms with E-state index in [-0.39, 0.29) is 11.4 Å². The molecule has 0 unspecified atom stereocenters. The maximum atomic E-state index is 13.7. The molecule has 6 rings (SSSR count). The Morgan fingerprint density at radius 2 is 1.68 bits per heavy atom. The Hall–Kier alpha value is -3.64. The third-order valence-electron chi connectivity index (χ3n) is 6.65. The SMILES string of the molecule is O=c1c2ccccc2c(-c2cc(Br)cc(C3OCCO3)c2)nn1-c1cc(N2CCOCC2)ccc1[N+](=O)[O-]. The molecule has 3 heterocycles. The van der Waals surface area contributed by atoms with E-state index < -0.39 is 16.8 Å². The lowest BCUT2D eigenvalue weighted by molar-refractivity contribution is -0.384. The average Bonchev–Trinajstić information content (AvgIpc) is 3.49. The molecule has 0 amide bonds. The predicted molar refractivity (Wildman–Crippen MR) is 145 cm³/mol. The van der Waals surface area contributed by atoms with E-state index in [9.17, 15) is 14.9 Å². The topological polar surface area (TPSA) is 109 Å². The van der Waals surface area contributed by atoms with Crippen LogP contribution in [-0.4, -0.2) is 54.2 Å². The first kappa shape index (κ1) is 24.7. The summed E-state index contributed by atoms with van der Waals surface area (Å²) in [5, 5.41) is 17.8. The van der Waals surface area contributed by atoms with Crippen LogP contribution in [-0.2, 0) is 14.2 Å². The van der Waals surface area contributed by atoms with Crippen molar-refractivity contribution in [3.05, 3.63) is 91.2 Å². The first-order valence-electron chi connectivity index (χ1n) is 12.2. The summed E-state index contributed by atoms with van der Waals surface area (Å²) in [7, 11) is 0. The first-order valence-corrected chi connectivity index (χ1v) is 13.0. The number of rotatable bonds is 5. The van der Waals surface area contributed by atoms with Crippen molar-refractivity contribution in [3.63, 3.8) is 0 Å². The van der Waals surface area contributed by atoms with Gasteiger partial charge in [-0.3, -0.25) is 14.9 Å². The Kier molecular flexibility index (Phi) is 6.66. The highest BCUT2D eigenvalue weighted by Crippen LogP contribution is 2.34. The van der Waals surface area contributed by atoms with Crippen molar-refractivity contribution in [2.45, 2.75) is 6.29 Å². The largest absolute Gasteiger partial charge is 0.378 e. The maximum absolute atomic E-state index is 13.7. The smallest absolute Gasteiger partial charge is 0.295 e. The van der Waals surface area contributed by atoms with Crippen molar-refractivity contribution in [2.24, 2.45) is 0 Å². The van der Waals surface area contributed by atoms with Gasteiger partial charge in [-0.05, 0) is 36.4 Å². The van der Waals surface area contributed by atoms with Crippen LogP contribution in [0.4, 0.5) is 11.4 Å². The lowest BCUT2D eigenvalue weighted by Crippen LogP contribution is -2.36. The van der Waals surface area contributed by atoms with Crippen LogP contribution in [0.25, 0.3) is 27.7 Å². The number of benzene rings is 3. The molecule has 0 atom stereocenters. The third kappa shape index (κ3) is 4.58. The zero-order chi connectivity index (χ0) is 26.2.